The van der Waals surface area contributed by atoms with Crippen LogP contribution in [-0.4, -0.2) is 48.3 Å². The molecule has 6 atom stereocenters. The monoisotopic (exact) mass is 282 g/mol. The molecule has 1 N–H and O–H groups in total. The lowest BCUT2D eigenvalue weighted by Gasteiger charge is -2.41. The van der Waals surface area contributed by atoms with E-state index in [1.165, 1.54) is 5.57 Å². The molecule has 20 heavy (non-hydrogen) atoms. The van der Waals surface area contributed by atoms with Crippen LogP contribution in [0.25, 0.3) is 0 Å². The van der Waals surface area contributed by atoms with Crippen LogP contribution in [0.3, 0.4) is 0 Å². The molecule has 3 aliphatic rings. The van der Waals surface area contributed by atoms with Gasteiger partial charge in [-0.05, 0) is 40.0 Å². The summed E-state index contributed by atoms with van der Waals surface area (Å²) in [6.45, 7) is 7.13. The van der Waals surface area contributed by atoms with E-state index < -0.39 is 6.10 Å². The number of ether oxygens (including phenoxy) is 3. The van der Waals surface area contributed by atoms with Gasteiger partial charge in [0.1, 0.15) is 5.60 Å². The van der Waals surface area contributed by atoms with Crippen molar-refractivity contribution in [2.45, 2.75) is 69.5 Å². The zero-order valence-electron chi connectivity index (χ0n) is 12.9. The molecule has 3 fully saturated rings. The van der Waals surface area contributed by atoms with Crippen LogP contribution in [0.1, 0.15) is 40.0 Å². The van der Waals surface area contributed by atoms with E-state index in [1.54, 1.807) is 7.11 Å². The highest BCUT2D eigenvalue weighted by Gasteiger charge is 2.71. The van der Waals surface area contributed by atoms with Gasteiger partial charge in [0.05, 0.1) is 36.4 Å². The number of epoxide rings is 2. The molecule has 1 saturated carbocycles. The van der Waals surface area contributed by atoms with Crippen LogP contribution < -0.4 is 0 Å². The van der Waals surface area contributed by atoms with Crippen LogP contribution in [0.2, 0.25) is 0 Å². The standard InChI is InChI=1S/C16H26O4/c1-10(2)5-6-12-15(3,20-12)14-13(18-4)11(17)7-8-16(14)9-19-16/h5,11-14,17H,6-9H2,1-4H3/t11-,12+,13-,14-,15-,16?/m0/s1. The summed E-state index contributed by atoms with van der Waals surface area (Å²) in [4.78, 5) is 0. The Bertz CT molecular complexity index is 411. The summed E-state index contributed by atoms with van der Waals surface area (Å²) in [5.74, 6) is 0.124. The first-order valence-corrected chi connectivity index (χ1v) is 7.59. The third-order valence-electron chi connectivity index (χ3n) is 5.26. The molecule has 2 heterocycles. The van der Waals surface area contributed by atoms with Crippen molar-refractivity contribution >= 4 is 0 Å². The zero-order chi connectivity index (χ0) is 14.5. The Hall–Kier alpha value is -0.420. The molecule has 4 heteroatoms. The van der Waals surface area contributed by atoms with Gasteiger partial charge in [0, 0.05) is 7.11 Å². The number of rotatable bonds is 4. The van der Waals surface area contributed by atoms with Crippen molar-refractivity contribution in [2.75, 3.05) is 13.7 Å². The minimum Gasteiger partial charge on any atom is -0.390 e. The Kier molecular flexibility index (Phi) is 3.49. The number of hydrogen-bond donors (Lipinski definition) is 1. The summed E-state index contributed by atoms with van der Waals surface area (Å²) >= 11 is 0. The van der Waals surface area contributed by atoms with Gasteiger partial charge in [0.15, 0.2) is 0 Å². The van der Waals surface area contributed by atoms with E-state index in [0.29, 0.717) is 0 Å². The van der Waals surface area contributed by atoms with Gasteiger partial charge < -0.3 is 19.3 Å². The largest absolute Gasteiger partial charge is 0.390 e. The van der Waals surface area contributed by atoms with Crippen molar-refractivity contribution in [1.29, 1.82) is 0 Å². The molecular weight excluding hydrogens is 256 g/mol. The van der Waals surface area contributed by atoms with Crippen LogP contribution in [0, 0.1) is 5.92 Å². The van der Waals surface area contributed by atoms with Crippen molar-refractivity contribution < 1.29 is 19.3 Å². The van der Waals surface area contributed by atoms with Gasteiger partial charge in [0.25, 0.3) is 0 Å². The van der Waals surface area contributed by atoms with Gasteiger partial charge in [-0.1, -0.05) is 11.6 Å². The Morgan fingerprint density at radius 1 is 1.45 bits per heavy atom. The summed E-state index contributed by atoms with van der Waals surface area (Å²) < 4.78 is 17.4. The second kappa shape index (κ2) is 4.80. The Labute approximate surface area is 121 Å². The topological polar surface area (TPSA) is 54.5 Å². The van der Waals surface area contributed by atoms with Gasteiger partial charge in [0.2, 0.25) is 0 Å². The van der Waals surface area contributed by atoms with Crippen molar-refractivity contribution in [3.8, 4) is 0 Å². The maximum atomic E-state index is 10.2. The molecule has 0 amide bonds. The van der Waals surface area contributed by atoms with Gasteiger partial charge in [-0.2, -0.15) is 0 Å². The number of aliphatic hydroxyl groups is 1. The Morgan fingerprint density at radius 2 is 2.15 bits per heavy atom. The fourth-order valence-electron chi connectivity index (χ4n) is 3.96. The Morgan fingerprint density at radius 3 is 2.70 bits per heavy atom. The molecule has 2 aliphatic heterocycles. The van der Waals surface area contributed by atoms with E-state index in [-0.39, 0.29) is 29.3 Å². The molecule has 114 valence electrons. The fourth-order valence-corrected chi connectivity index (χ4v) is 3.96. The van der Waals surface area contributed by atoms with Gasteiger partial charge in [-0.3, -0.25) is 0 Å². The molecule has 1 aliphatic carbocycles. The number of allylic oxidation sites excluding steroid dienone is 1. The highest BCUT2D eigenvalue weighted by atomic mass is 16.6. The molecule has 0 aromatic rings. The van der Waals surface area contributed by atoms with Gasteiger partial charge in [-0.25, -0.2) is 0 Å². The lowest BCUT2D eigenvalue weighted by atomic mass is 9.68. The lowest BCUT2D eigenvalue weighted by molar-refractivity contribution is -0.116. The van der Waals surface area contributed by atoms with Crippen LogP contribution in [0.5, 0.6) is 0 Å². The normalized spacial score (nSPS) is 50.0. The SMILES string of the molecule is CO[C@@H]1[C@@H]([C@@]2(C)O[C@@H]2CC=C(C)C)C2(CC[C@@H]1O)CO2. The predicted octanol–water partition coefficient (Wildman–Crippen LogP) is 2.06. The van der Waals surface area contributed by atoms with Crippen molar-refractivity contribution in [1.82, 2.24) is 0 Å². The van der Waals surface area contributed by atoms with Crippen molar-refractivity contribution in [3.63, 3.8) is 0 Å². The first-order chi connectivity index (χ1) is 9.43. The average Bonchev–Trinajstić information content (AvgIpc) is 3.29. The highest BCUT2D eigenvalue weighted by Crippen LogP contribution is 2.59. The summed E-state index contributed by atoms with van der Waals surface area (Å²) in [6, 6.07) is 0. The van der Waals surface area contributed by atoms with Crippen molar-refractivity contribution in [2.24, 2.45) is 5.92 Å². The minimum absolute atomic E-state index is 0.117. The second-order valence-corrected chi connectivity index (χ2v) is 6.94. The maximum Gasteiger partial charge on any atom is 0.101 e. The van der Waals surface area contributed by atoms with Crippen LogP contribution in [0.15, 0.2) is 11.6 Å². The summed E-state index contributed by atoms with van der Waals surface area (Å²) in [7, 11) is 1.68. The molecule has 2 saturated heterocycles. The Balaban J connectivity index is 1.78. The summed E-state index contributed by atoms with van der Waals surface area (Å²) in [5.41, 5.74) is 0.964. The predicted molar refractivity (Wildman–Crippen MR) is 75.5 cm³/mol. The highest BCUT2D eigenvalue weighted by molar-refractivity contribution is 5.20. The second-order valence-electron chi connectivity index (χ2n) is 6.94. The smallest absolute Gasteiger partial charge is 0.101 e. The molecule has 0 aromatic heterocycles. The molecule has 1 spiro atoms. The summed E-state index contributed by atoms with van der Waals surface area (Å²) in [6.07, 6.45) is 4.43. The minimum atomic E-state index is -0.412. The quantitative estimate of drug-likeness (QED) is 0.633. The first-order valence-electron chi connectivity index (χ1n) is 7.59. The van der Waals surface area contributed by atoms with E-state index in [1.807, 2.05) is 0 Å². The van der Waals surface area contributed by atoms with Crippen LogP contribution >= 0.6 is 0 Å². The molecule has 1 unspecified atom stereocenters. The van der Waals surface area contributed by atoms with E-state index in [4.69, 9.17) is 14.2 Å². The van der Waals surface area contributed by atoms with E-state index in [0.717, 1.165) is 25.9 Å². The molecular formula is C16H26O4. The third kappa shape index (κ3) is 2.23. The van der Waals surface area contributed by atoms with E-state index >= 15 is 0 Å². The third-order valence-corrected chi connectivity index (χ3v) is 5.26. The lowest BCUT2D eigenvalue weighted by Crippen LogP contribution is -2.54. The van der Waals surface area contributed by atoms with Crippen LogP contribution in [-0.2, 0) is 14.2 Å². The maximum absolute atomic E-state index is 10.2. The average molecular weight is 282 g/mol. The van der Waals surface area contributed by atoms with Crippen molar-refractivity contribution in [3.05, 3.63) is 11.6 Å². The molecule has 0 bridgehead atoms. The molecule has 0 aromatic carbocycles. The zero-order valence-corrected chi connectivity index (χ0v) is 12.9. The summed E-state index contributed by atoms with van der Waals surface area (Å²) in [5, 5.41) is 10.2. The number of aliphatic hydroxyl groups excluding tert-OH is 1. The van der Waals surface area contributed by atoms with Crippen LogP contribution in [0.4, 0.5) is 0 Å². The van der Waals surface area contributed by atoms with Gasteiger partial charge in [-0.15, -0.1) is 0 Å². The number of hydrogen-bond acceptors (Lipinski definition) is 4. The first kappa shape index (κ1) is 14.5. The molecule has 4 nitrogen and oxygen atoms in total. The fraction of sp³-hybridized carbons (Fsp3) is 0.875. The van der Waals surface area contributed by atoms with E-state index in [2.05, 4.69) is 26.8 Å². The van der Waals surface area contributed by atoms with Gasteiger partial charge >= 0.3 is 0 Å². The molecule has 3 rings (SSSR count). The van der Waals surface area contributed by atoms with E-state index in [9.17, 15) is 5.11 Å². The number of methoxy groups -OCH3 is 1. The molecule has 0 radical (unpaired) electrons.